The predicted molar refractivity (Wildman–Crippen MR) is 107 cm³/mol. The molecule has 2 N–H and O–H groups in total. The molecule has 1 heterocycles. The van der Waals surface area contributed by atoms with Crippen molar-refractivity contribution in [3.63, 3.8) is 0 Å². The van der Waals surface area contributed by atoms with E-state index >= 15 is 0 Å². The van der Waals surface area contributed by atoms with Crippen LogP contribution in [0.5, 0.6) is 0 Å². The lowest BCUT2D eigenvalue weighted by atomic mass is 10.2. The highest BCUT2D eigenvalue weighted by molar-refractivity contribution is 6.34. The van der Waals surface area contributed by atoms with E-state index in [1.54, 1.807) is 24.3 Å². The van der Waals surface area contributed by atoms with Crippen molar-refractivity contribution in [2.75, 3.05) is 43.9 Å². The number of pyridine rings is 1. The van der Waals surface area contributed by atoms with Crippen LogP contribution in [-0.4, -0.2) is 60.6 Å². The molecule has 1 amide bonds. The Morgan fingerprint density at radius 2 is 1.89 bits per heavy atom. The number of aromatic carboxylic acids is 1. The second-order valence-corrected chi connectivity index (χ2v) is 6.62. The molecular weight excluding hydrogens is 368 g/mol. The second kappa shape index (κ2) is 9.34. The van der Waals surface area contributed by atoms with Gasteiger partial charge < -0.3 is 20.2 Å². The first-order chi connectivity index (χ1) is 12.8. The maximum Gasteiger partial charge on any atom is 0.339 e. The number of nitrogens with zero attached hydrogens (tertiary/aromatic N) is 3. The molecule has 0 bridgehead atoms. The summed E-state index contributed by atoms with van der Waals surface area (Å²) in [7, 11) is 3.90. The minimum Gasteiger partial charge on any atom is -0.478 e. The molecule has 27 heavy (non-hydrogen) atoms. The zero-order valence-corrected chi connectivity index (χ0v) is 16.3. The van der Waals surface area contributed by atoms with E-state index in [2.05, 4.69) is 10.3 Å². The normalized spacial score (nSPS) is 10.7. The van der Waals surface area contributed by atoms with Gasteiger partial charge in [-0.2, -0.15) is 0 Å². The van der Waals surface area contributed by atoms with Crippen molar-refractivity contribution in [1.29, 1.82) is 0 Å². The standard InChI is InChI=1S/C19H23ClN4O3/c1-4-24(10-9-23(2)3)17-15(19(26)27)11-13(12-21-17)22-18(25)14-7-5-6-8-16(14)20/h5-8,11-12H,4,9-10H2,1-3H3,(H,22,25)(H,26,27). The number of carboxylic acid groups (broad SMARTS) is 1. The fourth-order valence-electron chi connectivity index (χ4n) is 2.51. The molecule has 0 atom stereocenters. The largest absolute Gasteiger partial charge is 0.478 e. The highest BCUT2D eigenvalue weighted by atomic mass is 35.5. The van der Waals surface area contributed by atoms with Gasteiger partial charge in [0.2, 0.25) is 0 Å². The van der Waals surface area contributed by atoms with Crippen LogP contribution < -0.4 is 10.2 Å². The Labute approximate surface area is 163 Å². The summed E-state index contributed by atoms with van der Waals surface area (Å²) < 4.78 is 0. The van der Waals surface area contributed by atoms with Gasteiger partial charge >= 0.3 is 5.97 Å². The van der Waals surface area contributed by atoms with Crippen LogP contribution in [0.2, 0.25) is 5.02 Å². The first-order valence-electron chi connectivity index (χ1n) is 8.52. The number of anilines is 2. The number of carboxylic acids is 1. The summed E-state index contributed by atoms with van der Waals surface area (Å²) in [6, 6.07) is 8.06. The molecule has 0 radical (unpaired) electrons. The van der Waals surface area contributed by atoms with Crippen LogP contribution in [0, 0.1) is 0 Å². The monoisotopic (exact) mass is 390 g/mol. The van der Waals surface area contributed by atoms with Crippen molar-refractivity contribution < 1.29 is 14.7 Å². The maximum absolute atomic E-state index is 12.4. The molecule has 8 heteroatoms. The van der Waals surface area contributed by atoms with Crippen LogP contribution in [0.15, 0.2) is 36.5 Å². The number of benzene rings is 1. The fourth-order valence-corrected chi connectivity index (χ4v) is 2.74. The van der Waals surface area contributed by atoms with E-state index in [1.165, 1.54) is 12.3 Å². The summed E-state index contributed by atoms with van der Waals surface area (Å²) >= 11 is 6.03. The minimum absolute atomic E-state index is 0.0348. The van der Waals surface area contributed by atoms with Gasteiger partial charge in [0.25, 0.3) is 5.91 Å². The van der Waals surface area contributed by atoms with Crippen LogP contribution >= 0.6 is 11.6 Å². The number of hydrogen-bond acceptors (Lipinski definition) is 5. The van der Waals surface area contributed by atoms with E-state index in [4.69, 9.17) is 11.6 Å². The summed E-state index contributed by atoms with van der Waals surface area (Å²) in [5.41, 5.74) is 0.638. The number of likely N-dealkylation sites (N-methyl/N-ethyl adjacent to an activating group) is 2. The van der Waals surface area contributed by atoms with Crippen molar-refractivity contribution >= 4 is 35.0 Å². The first kappa shape index (κ1) is 20.7. The van der Waals surface area contributed by atoms with Gasteiger partial charge in [-0.3, -0.25) is 4.79 Å². The smallest absolute Gasteiger partial charge is 0.339 e. The molecule has 1 aromatic heterocycles. The molecule has 0 fully saturated rings. The molecular formula is C19H23ClN4O3. The molecule has 7 nitrogen and oxygen atoms in total. The van der Waals surface area contributed by atoms with E-state index in [1.807, 2.05) is 30.8 Å². The zero-order valence-electron chi connectivity index (χ0n) is 15.6. The van der Waals surface area contributed by atoms with Crippen molar-refractivity contribution in [2.24, 2.45) is 0 Å². The number of rotatable bonds is 8. The molecule has 0 aliphatic heterocycles. The van der Waals surface area contributed by atoms with E-state index < -0.39 is 11.9 Å². The maximum atomic E-state index is 12.4. The number of aromatic nitrogens is 1. The lowest BCUT2D eigenvalue weighted by Gasteiger charge is -2.25. The van der Waals surface area contributed by atoms with Crippen molar-refractivity contribution in [2.45, 2.75) is 6.92 Å². The summed E-state index contributed by atoms with van der Waals surface area (Å²) in [4.78, 5) is 32.3. The van der Waals surface area contributed by atoms with Crippen LogP contribution in [0.1, 0.15) is 27.6 Å². The lowest BCUT2D eigenvalue weighted by molar-refractivity contribution is 0.0696. The molecule has 2 rings (SSSR count). The van der Waals surface area contributed by atoms with Gasteiger partial charge in [-0.25, -0.2) is 9.78 Å². The number of carbonyl (C=O) groups excluding carboxylic acids is 1. The Kier molecular flexibility index (Phi) is 7.15. The Morgan fingerprint density at radius 3 is 2.48 bits per heavy atom. The van der Waals surface area contributed by atoms with E-state index in [-0.39, 0.29) is 5.56 Å². The highest BCUT2D eigenvalue weighted by Gasteiger charge is 2.19. The molecule has 0 spiro atoms. The van der Waals surface area contributed by atoms with Crippen LogP contribution in [0.3, 0.4) is 0 Å². The van der Waals surface area contributed by atoms with E-state index in [9.17, 15) is 14.7 Å². The molecule has 2 aromatic rings. The Bertz CT molecular complexity index is 826. The third-order valence-corrected chi connectivity index (χ3v) is 4.30. The molecule has 0 unspecified atom stereocenters. The van der Waals surface area contributed by atoms with Crippen molar-refractivity contribution in [1.82, 2.24) is 9.88 Å². The quantitative estimate of drug-likeness (QED) is 0.720. The molecule has 0 aliphatic rings. The van der Waals surface area contributed by atoms with Gasteiger partial charge in [-0.1, -0.05) is 23.7 Å². The fraction of sp³-hybridized carbons (Fsp3) is 0.316. The minimum atomic E-state index is -1.10. The summed E-state index contributed by atoms with van der Waals surface area (Å²) in [5, 5.41) is 12.6. The molecule has 1 aromatic carbocycles. The van der Waals surface area contributed by atoms with Gasteiger partial charge in [0, 0.05) is 19.6 Å². The Hall–Kier alpha value is -2.64. The van der Waals surface area contributed by atoms with Crippen LogP contribution in [0.4, 0.5) is 11.5 Å². The Balaban J connectivity index is 2.28. The van der Waals surface area contributed by atoms with E-state index in [0.717, 1.165) is 6.54 Å². The molecule has 0 saturated heterocycles. The third-order valence-electron chi connectivity index (χ3n) is 3.97. The summed E-state index contributed by atoms with van der Waals surface area (Å²) in [5.74, 6) is -1.15. The van der Waals surface area contributed by atoms with Crippen molar-refractivity contribution in [3.8, 4) is 0 Å². The van der Waals surface area contributed by atoms with Crippen LogP contribution in [-0.2, 0) is 0 Å². The number of hydrogen-bond donors (Lipinski definition) is 2. The average Bonchev–Trinajstić information content (AvgIpc) is 2.63. The SMILES string of the molecule is CCN(CCN(C)C)c1ncc(NC(=O)c2ccccc2Cl)cc1C(=O)O. The lowest BCUT2D eigenvalue weighted by Crippen LogP contribution is -2.33. The highest BCUT2D eigenvalue weighted by Crippen LogP contribution is 2.23. The summed E-state index contributed by atoms with van der Waals surface area (Å²) in [6.07, 6.45) is 1.45. The van der Waals surface area contributed by atoms with E-state index in [0.29, 0.717) is 35.2 Å². The van der Waals surface area contributed by atoms with Gasteiger partial charge in [0.05, 0.1) is 22.5 Å². The van der Waals surface area contributed by atoms with Gasteiger partial charge in [0.15, 0.2) is 0 Å². The number of carbonyl (C=O) groups is 2. The van der Waals surface area contributed by atoms with Gasteiger partial charge in [-0.15, -0.1) is 0 Å². The number of halogens is 1. The second-order valence-electron chi connectivity index (χ2n) is 6.22. The topological polar surface area (TPSA) is 85.8 Å². The van der Waals surface area contributed by atoms with Crippen molar-refractivity contribution in [3.05, 3.63) is 52.7 Å². The zero-order chi connectivity index (χ0) is 20.0. The first-order valence-corrected chi connectivity index (χ1v) is 8.90. The van der Waals surface area contributed by atoms with Gasteiger partial charge in [0.1, 0.15) is 11.4 Å². The predicted octanol–water partition coefficient (Wildman–Crippen LogP) is 3.07. The van der Waals surface area contributed by atoms with Gasteiger partial charge in [-0.05, 0) is 39.2 Å². The Morgan fingerprint density at radius 1 is 1.19 bits per heavy atom. The number of amides is 1. The molecule has 0 saturated carbocycles. The third kappa shape index (κ3) is 5.42. The average molecular weight is 391 g/mol. The number of nitrogens with one attached hydrogen (secondary N) is 1. The molecule has 0 aliphatic carbocycles. The molecule has 144 valence electrons. The summed E-state index contributed by atoms with van der Waals surface area (Å²) in [6.45, 7) is 3.96. The van der Waals surface area contributed by atoms with Crippen LogP contribution in [0.25, 0.3) is 0 Å².